The molecular weight excluding hydrogens is 254 g/mol. The Morgan fingerprint density at radius 1 is 1.35 bits per heavy atom. The molecule has 1 aromatic heterocycles. The fraction of sp³-hybridized carbons (Fsp3) is 0.600. The van der Waals surface area contributed by atoms with Crippen molar-refractivity contribution in [2.24, 2.45) is 0 Å². The average molecular weight is 277 g/mol. The van der Waals surface area contributed by atoms with Crippen LogP contribution in [0.4, 0.5) is 0 Å². The number of amides is 1. The van der Waals surface area contributed by atoms with Crippen LogP contribution >= 0.6 is 0 Å². The summed E-state index contributed by atoms with van der Waals surface area (Å²) in [4.78, 5) is 18.2. The van der Waals surface area contributed by atoms with Crippen molar-refractivity contribution in [2.75, 3.05) is 20.6 Å². The van der Waals surface area contributed by atoms with E-state index in [0.29, 0.717) is 12.1 Å². The number of aromatic nitrogens is 1. The van der Waals surface area contributed by atoms with Crippen LogP contribution in [-0.2, 0) is 0 Å². The summed E-state index contributed by atoms with van der Waals surface area (Å²) in [7, 11) is 4.15. The van der Waals surface area contributed by atoms with Gasteiger partial charge in [-0.3, -0.25) is 9.78 Å². The van der Waals surface area contributed by atoms with Gasteiger partial charge in [-0.2, -0.15) is 0 Å². The molecular formula is C15H23N3O2. The van der Waals surface area contributed by atoms with Gasteiger partial charge in [-0.15, -0.1) is 0 Å². The second kappa shape index (κ2) is 6.22. The van der Waals surface area contributed by atoms with Crippen molar-refractivity contribution < 1.29 is 9.90 Å². The number of aromatic hydroxyl groups is 1. The van der Waals surface area contributed by atoms with Crippen LogP contribution in [0, 0.1) is 0 Å². The molecule has 1 aromatic rings. The predicted octanol–water partition coefficient (Wildman–Crippen LogP) is 1.78. The second-order valence-electron chi connectivity index (χ2n) is 5.79. The first-order valence-corrected chi connectivity index (χ1v) is 7.13. The van der Waals surface area contributed by atoms with Crippen LogP contribution in [0.1, 0.15) is 42.5 Å². The van der Waals surface area contributed by atoms with E-state index in [1.807, 2.05) is 0 Å². The lowest BCUT2D eigenvalue weighted by Gasteiger charge is -2.43. The summed E-state index contributed by atoms with van der Waals surface area (Å²) < 4.78 is 0. The predicted molar refractivity (Wildman–Crippen MR) is 77.7 cm³/mol. The van der Waals surface area contributed by atoms with E-state index in [4.69, 9.17) is 0 Å². The quantitative estimate of drug-likeness (QED) is 0.880. The van der Waals surface area contributed by atoms with Gasteiger partial charge in [0.1, 0.15) is 5.75 Å². The van der Waals surface area contributed by atoms with E-state index in [0.717, 1.165) is 12.8 Å². The van der Waals surface area contributed by atoms with Crippen molar-refractivity contribution in [1.29, 1.82) is 0 Å². The van der Waals surface area contributed by atoms with Gasteiger partial charge in [0, 0.05) is 18.3 Å². The highest BCUT2D eigenvalue weighted by Crippen LogP contribution is 2.31. The van der Waals surface area contributed by atoms with E-state index >= 15 is 0 Å². The molecule has 1 saturated carbocycles. The minimum absolute atomic E-state index is 0.0117. The van der Waals surface area contributed by atoms with Crippen LogP contribution in [-0.4, -0.2) is 47.1 Å². The summed E-state index contributed by atoms with van der Waals surface area (Å²) >= 11 is 0. The number of nitrogens with one attached hydrogen (secondary N) is 1. The van der Waals surface area contributed by atoms with Crippen LogP contribution in [0.15, 0.2) is 18.5 Å². The molecule has 0 aliphatic heterocycles. The van der Waals surface area contributed by atoms with E-state index < -0.39 is 0 Å². The molecule has 0 atom stereocenters. The summed E-state index contributed by atoms with van der Waals surface area (Å²) in [6.45, 7) is 0.633. The number of hydrogen-bond acceptors (Lipinski definition) is 4. The smallest absolute Gasteiger partial charge is 0.253 e. The zero-order chi connectivity index (χ0) is 14.6. The summed E-state index contributed by atoms with van der Waals surface area (Å²) in [5.41, 5.74) is 0.452. The van der Waals surface area contributed by atoms with Crippen molar-refractivity contribution in [2.45, 2.75) is 37.6 Å². The van der Waals surface area contributed by atoms with E-state index in [9.17, 15) is 9.90 Å². The molecule has 2 rings (SSSR count). The molecule has 1 heterocycles. The molecule has 1 aliphatic carbocycles. The van der Waals surface area contributed by atoms with Crippen molar-refractivity contribution in [3.8, 4) is 5.75 Å². The first-order chi connectivity index (χ1) is 9.53. The Bertz CT molecular complexity index is 468. The molecule has 1 amide bonds. The lowest BCUT2D eigenvalue weighted by molar-refractivity contribution is 0.0799. The molecule has 2 N–H and O–H groups in total. The van der Waals surface area contributed by atoms with Gasteiger partial charge in [-0.25, -0.2) is 0 Å². The maximum Gasteiger partial charge on any atom is 0.253 e. The molecule has 110 valence electrons. The Hall–Kier alpha value is -1.62. The van der Waals surface area contributed by atoms with E-state index in [1.165, 1.54) is 37.7 Å². The third kappa shape index (κ3) is 3.28. The van der Waals surface area contributed by atoms with Gasteiger partial charge in [0.2, 0.25) is 0 Å². The maximum atomic E-state index is 12.1. The third-order valence-corrected chi connectivity index (χ3v) is 4.30. The molecule has 1 fully saturated rings. The van der Waals surface area contributed by atoms with Gasteiger partial charge in [0.25, 0.3) is 5.91 Å². The molecule has 20 heavy (non-hydrogen) atoms. The summed E-state index contributed by atoms with van der Waals surface area (Å²) in [6, 6.07) is 1.44. The highest BCUT2D eigenvalue weighted by atomic mass is 16.3. The molecule has 1 aliphatic rings. The third-order valence-electron chi connectivity index (χ3n) is 4.30. The highest BCUT2D eigenvalue weighted by molar-refractivity contribution is 5.94. The van der Waals surface area contributed by atoms with Gasteiger partial charge >= 0.3 is 0 Å². The Balaban J connectivity index is 2.00. The summed E-state index contributed by atoms with van der Waals surface area (Å²) in [5.74, 6) is -0.169. The van der Waals surface area contributed by atoms with Crippen molar-refractivity contribution in [3.05, 3.63) is 24.0 Å². The molecule has 5 heteroatoms. The van der Waals surface area contributed by atoms with Crippen LogP contribution in [0.25, 0.3) is 0 Å². The first-order valence-electron chi connectivity index (χ1n) is 7.13. The van der Waals surface area contributed by atoms with Gasteiger partial charge in [0.05, 0.1) is 11.8 Å². The molecule has 5 nitrogen and oxygen atoms in total. The number of pyridine rings is 1. The summed E-state index contributed by atoms with van der Waals surface area (Å²) in [6.07, 6.45) is 8.71. The van der Waals surface area contributed by atoms with E-state index in [-0.39, 0.29) is 17.2 Å². The zero-order valence-electron chi connectivity index (χ0n) is 12.2. The van der Waals surface area contributed by atoms with Crippen molar-refractivity contribution in [1.82, 2.24) is 15.2 Å². The van der Waals surface area contributed by atoms with Crippen LogP contribution < -0.4 is 5.32 Å². The topological polar surface area (TPSA) is 65.5 Å². The standard InChI is InChI=1S/C15H23N3O2/c1-18(2)15(6-4-3-5-7-15)11-17-14(20)12-8-13(19)10-16-9-12/h8-10,19H,3-7,11H2,1-2H3,(H,17,20). The molecule has 0 saturated heterocycles. The van der Waals surface area contributed by atoms with Crippen molar-refractivity contribution in [3.63, 3.8) is 0 Å². The Morgan fingerprint density at radius 3 is 2.65 bits per heavy atom. The van der Waals surface area contributed by atoms with Gasteiger partial charge in [0.15, 0.2) is 0 Å². The first kappa shape index (κ1) is 14.8. The number of likely N-dealkylation sites (N-methyl/N-ethyl adjacent to an activating group) is 1. The zero-order valence-corrected chi connectivity index (χ0v) is 12.2. The van der Waals surface area contributed by atoms with Gasteiger partial charge < -0.3 is 15.3 Å². The monoisotopic (exact) mass is 277 g/mol. The number of rotatable bonds is 4. The molecule has 0 bridgehead atoms. The fourth-order valence-electron chi connectivity index (χ4n) is 2.89. The summed E-state index contributed by atoms with van der Waals surface area (Å²) in [5, 5.41) is 12.4. The van der Waals surface area contributed by atoms with Crippen LogP contribution in [0.2, 0.25) is 0 Å². The largest absolute Gasteiger partial charge is 0.506 e. The number of hydrogen-bond donors (Lipinski definition) is 2. The lowest BCUT2D eigenvalue weighted by Crippen LogP contribution is -2.53. The maximum absolute atomic E-state index is 12.1. The highest BCUT2D eigenvalue weighted by Gasteiger charge is 2.34. The van der Waals surface area contributed by atoms with Crippen LogP contribution in [0.3, 0.4) is 0 Å². The molecule has 0 radical (unpaired) electrons. The molecule has 0 spiro atoms. The van der Waals surface area contributed by atoms with Crippen molar-refractivity contribution >= 4 is 5.91 Å². The van der Waals surface area contributed by atoms with Crippen LogP contribution in [0.5, 0.6) is 5.75 Å². The van der Waals surface area contributed by atoms with Gasteiger partial charge in [-0.05, 0) is 33.0 Å². The number of carbonyl (C=O) groups is 1. The molecule has 0 unspecified atom stereocenters. The van der Waals surface area contributed by atoms with E-state index in [2.05, 4.69) is 29.3 Å². The Morgan fingerprint density at radius 2 is 2.05 bits per heavy atom. The second-order valence-corrected chi connectivity index (χ2v) is 5.79. The van der Waals surface area contributed by atoms with E-state index in [1.54, 1.807) is 0 Å². The average Bonchev–Trinajstić information content (AvgIpc) is 2.45. The minimum Gasteiger partial charge on any atom is -0.506 e. The SMILES string of the molecule is CN(C)C1(CNC(=O)c2cncc(O)c2)CCCCC1. The minimum atomic E-state index is -0.180. The fourth-order valence-corrected chi connectivity index (χ4v) is 2.89. The molecule has 0 aromatic carbocycles. The Labute approximate surface area is 120 Å². The normalized spacial score (nSPS) is 17.9. The number of carbonyl (C=O) groups excluding carboxylic acids is 1. The number of nitrogens with zero attached hydrogens (tertiary/aromatic N) is 2. The van der Waals surface area contributed by atoms with Gasteiger partial charge in [-0.1, -0.05) is 19.3 Å². The Kier molecular flexibility index (Phi) is 4.60. The lowest BCUT2D eigenvalue weighted by atomic mass is 9.80.